The standard InChI is InChI=1S/C26H36N4O5/c1-18-13-30(14-20-7-6-10-27-12-20)19(2)16-35-23-9-8-21(28-25(31)17-33-4)11-22(23)26(32)29(3)15-24(18)34-5/h6-12,18-19,24H,13-17H2,1-5H3,(H,28,31)/t18-,19+,24-/m1/s1. The molecule has 0 saturated heterocycles. The van der Waals surface area contributed by atoms with Gasteiger partial charge in [0, 0.05) is 65.0 Å². The number of anilines is 1. The quantitative estimate of drug-likeness (QED) is 0.674. The van der Waals surface area contributed by atoms with Crippen LogP contribution in [0.15, 0.2) is 42.7 Å². The van der Waals surface area contributed by atoms with Crippen LogP contribution in [-0.4, -0.2) is 86.3 Å². The lowest BCUT2D eigenvalue weighted by molar-refractivity contribution is -0.119. The summed E-state index contributed by atoms with van der Waals surface area (Å²) in [5.41, 5.74) is 2.01. The summed E-state index contributed by atoms with van der Waals surface area (Å²) in [4.78, 5) is 33.7. The minimum absolute atomic E-state index is 0.0661. The molecule has 3 atom stereocenters. The van der Waals surface area contributed by atoms with Crippen LogP contribution < -0.4 is 10.1 Å². The molecule has 1 aromatic heterocycles. The Kier molecular flexibility index (Phi) is 9.59. The second kappa shape index (κ2) is 12.6. The van der Waals surface area contributed by atoms with Crippen LogP contribution in [0, 0.1) is 5.92 Å². The molecule has 1 aliphatic rings. The predicted octanol–water partition coefficient (Wildman–Crippen LogP) is 2.67. The van der Waals surface area contributed by atoms with Gasteiger partial charge >= 0.3 is 0 Å². The van der Waals surface area contributed by atoms with Crippen LogP contribution in [0.2, 0.25) is 0 Å². The number of benzene rings is 1. The van der Waals surface area contributed by atoms with E-state index in [1.807, 2.05) is 12.3 Å². The lowest BCUT2D eigenvalue weighted by Gasteiger charge is -2.36. The number of rotatable bonds is 6. The molecule has 1 N–H and O–H groups in total. The first-order chi connectivity index (χ1) is 16.8. The SMILES string of the molecule is COCC(=O)Nc1ccc2c(c1)C(=O)N(C)C[C@@H](OC)[C@H](C)CN(Cc1cccnc1)[C@@H](C)CO2. The monoisotopic (exact) mass is 484 g/mol. The number of carbonyl (C=O) groups is 2. The number of amides is 2. The van der Waals surface area contributed by atoms with Gasteiger partial charge in [-0.25, -0.2) is 0 Å². The number of ether oxygens (including phenoxy) is 3. The summed E-state index contributed by atoms with van der Waals surface area (Å²) in [6.07, 6.45) is 3.50. The third-order valence-electron chi connectivity index (χ3n) is 6.24. The highest BCUT2D eigenvalue weighted by Crippen LogP contribution is 2.26. The number of nitrogens with zero attached hydrogens (tertiary/aromatic N) is 3. The molecule has 0 fully saturated rings. The molecule has 0 spiro atoms. The van der Waals surface area contributed by atoms with Crippen molar-refractivity contribution in [2.45, 2.75) is 32.5 Å². The highest BCUT2D eigenvalue weighted by Gasteiger charge is 2.28. The third kappa shape index (κ3) is 7.24. The first-order valence-electron chi connectivity index (χ1n) is 11.8. The summed E-state index contributed by atoms with van der Waals surface area (Å²) in [5.74, 6) is 0.142. The van der Waals surface area contributed by atoms with Crippen LogP contribution in [0.3, 0.4) is 0 Å². The van der Waals surface area contributed by atoms with Gasteiger partial charge in [0.2, 0.25) is 5.91 Å². The fraction of sp³-hybridized carbons (Fsp3) is 0.500. The highest BCUT2D eigenvalue weighted by molar-refractivity contribution is 5.99. The fourth-order valence-corrected chi connectivity index (χ4v) is 4.20. The average molecular weight is 485 g/mol. The van der Waals surface area contributed by atoms with Crippen LogP contribution in [0.1, 0.15) is 29.8 Å². The number of carbonyl (C=O) groups excluding carboxylic acids is 2. The Morgan fingerprint density at radius 2 is 2.03 bits per heavy atom. The van der Waals surface area contributed by atoms with Crippen molar-refractivity contribution in [2.24, 2.45) is 5.92 Å². The summed E-state index contributed by atoms with van der Waals surface area (Å²) in [5, 5.41) is 2.76. The number of hydrogen-bond acceptors (Lipinski definition) is 7. The van der Waals surface area contributed by atoms with Crippen molar-refractivity contribution in [3.63, 3.8) is 0 Å². The van der Waals surface area contributed by atoms with Gasteiger partial charge in [-0.15, -0.1) is 0 Å². The maximum atomic E-state index is 13.4. The lowest BCUT2D eigenvalue weighted by Crippen LogP contribution is -2.46. The fourth-order valence-electron chi connectivity index (χ4n) is 4.20. The molecule has 1 aromatic carbocycles. The van der Waals surface area contributed by atoms with Gasteiger partial charge in [0.05, 0.1) is 11.7 Å². The van der Waals surface area contributed by atoms with E-state index < -0.39 is 0 Å². The normalized spacial score (nSPS) is 21.9. The van der Waals surface area contributed by atoms with Gasteiger partial charge in [-0.05, 0) is 42.7 Å². The van der Waals surface area contributed by atoms with Gasteiger partial charge in [-0.2, -0.15) is 0 Å². The molecule has 2 heterocycles. The Morgan fingerprint density at radius 1 is 1.23 bits per heavy atom. The van der Waals surface area contributed by atoms with Gasteiger partial charge < -0.3 is 24.4 Å². The minimum atomic E-state index is -0.296. The van der Waals surface area contributed by atoms with Gasteiger partial charge in [-0.1, -0.05) is 13.0 Å². The number of nitrogens with one attached hydrogen (secondary N) is 1. The van der Waals surface area contributed by atoms with Crippen LogP contribution in [0.25, 0.3) is 0 Å². The van der Waals surface area contributed by atoms with Crippen molar-refractivity contribution < 1.29 is 23.8 Å². The Hall–Kier alpha value is -3.01. The van der Waals surface area contributed by atoms with Crippen molar-refractivity contribution in [1.29, 1.82) is 0 Å². The second-order valence-corrected chi connectivity index (χ2v) is 9.08. The molecular formula is C26H36N4O5. The molecule has 0 radical (unpaired) electrons. The van der Waals surface area contributed by atoms with Gasteiger partial charge in [0.15, 0.2) is 0 Å². The number of pyridine rings is 1. The second-order valence-electron chi connectivity index (χ2n) is 9.08. The van der Waals surface area contributed by atoms with E-state index in [2.05, 4.69) is 35.1 Å². The highest BCUT2D eigenvalue weighted by atomic mass is 16.5. The Labute approximate surface area is 207 Å². The Balaban J connectivity index is 1.92. The van der Waals surface area contributed by atoms with E-state index in [0.717, 1.165) is 18.7 Å². The summed E-state index contributed by atoms with van der Waals surface area (Å²) >= 11 is 0. The zero-order chi connectivity index (χ0) is 25.4. The molecule has 0 aliphatic carbocycles. The number of methoxy groups -OCH3 is 2. The van der Waals surface area contributed by atoms with E-state index in [1.165, 1.54) is 7.11 Å². The van der Waals surface area contributed by atoms with E-state index in [-0.39, 0.29) is 36.5 Å². The summed E-state index contributed by atoms with van der Waals surface area (Å²) < 4.78 is 16.9. The van der Waals surface area contributed by atoms with Crippen molar-refractivity contribution in [3.8, 4) is 5.75 Å². The molecule has 3 rings (SSSR count). The van der Waals surface area contributed by atoms with Crippen molar-refractivity contribution in [3.05, 3.63) is 53.9 Å². The first kappa shape index (κ1) is 26.6. The summed E-state index contributed by atoms with van der Waals surface area (Å²) in [6, 6.07) is 9.17. The van der Waals surface area contributed by atoms with Crippen molar-refractivity contribution in [2.75, 3.05) is 52.9 Å². The van der Waals surface area contributed by atoms with Crippen LogP contribution in [0.5, 0.6) is 5.75 Å². The van der Waals surface area contributed by atoms with E-state index in [9.17, 15) is 9.59 Å². The third-order valence-corrected chi connectivity index (χ3v) is 6.24. The summed E-state index contributed by atoms with van der Waals surface area (Å²) in [7, 11) is 4.89. The van der Waals surface area contributed by atoms with E-state index in [1.54, 1.807) is 43.5 Å². The van der Waals surface area contributed by atoms with Crippen LogP contribution in [-0.2, 0) is 20.8 Å². The molecule has 0 unspecified atom stereocenters. The predicted molar refractivity (Wildman–Crippen MR) is 133 cm³/mol. The molecule has 2 aromatic rings. The topological polar surface area (TPSA) is 93.2 Å². The molecule has 0 bridgehead atoms. The van der Waals surface area contributed by atoms with Crippen molar-refractivity contribution >= 4 is 17.5 Å². The first-order valence-corrected chi connectivity index (χ1v) is 11.8. The summed E-state index contributed by atoms with van der Waals surface area (Å²) in [6.45, 7) is 6.50. The molecule has 35 heavy (non-hydrogen) atoms. The van der Waals surface area contributed by atoms with Crippen LogP contribution in [0.4, 0.5) is 5.69 Å². The zero-order valence-electron chi connectivity index (χ0n) is 21.2. The largest absolute Gasteiger partial charge is 0.491 e. The lowest BCUT2D eigenvalue weighted by atomic mass is 10.0. The number of hydrogen-bond donors (Lipinski definition) is 1. The molecule has 9 heteroatoms. The van der Waals surface area contributed by atoms with Gasteiger partial charge in [0.25, 0.3) is 5.91 Å². The van der Waals surface area contributed by atoms with E-state index in [4.69, 9.17) is 14.2 Å². The molecule has 190 valence electrons. The molecule has 2 amide bonds. The number of likely N-dealkylation sites (N-methyl/N-ethyl adjacent to an activating group) is 1. The van der Waals surface area contributed by atoms with E-state index >= 15 is 0 Å². The minimum Gasteiger partial charge on any atom is -0.491 e. The van der Waals surface area contributed by atoms with Crippen molar-refractivity contribution in [1.82, 2.24) is 14.8 Å². The smallest absolute Gasteiger partial charge is 0.257 e. The van der Waals surface area contributed by atoms with Gasteiger partial charge in [-0.3, -0.25) is 19.5 Å². The molecule has 1 aliphatic heterocycles. The van der Waals surface area contributed by atoms with E-state index in [0.29, 0.717) is 30.2 Å². The molecular weight excluding hydrogens is 448 g/mol. The Morgan fingerprint density at radius 3 is 2.71 bits per heavy atom. The Bertz CT molecular complexity index is 987. The van der Waals surface area contributed by atoms with Gasteiger partial charge in [0.1, 0.15) is 19.0 Å². The maximum Gasteiger partial charge on any atom is 0.257 e. The average Bonchev–Trinajstić information content (AvgIpc) is 2.85. The molecule has 9 nitrogen and oxygen atoms in total. The number of aromatic nitrogens is 1. The van der Waals surface area contributed by atoms with Crippen LogP contribution >= 0.6 is 0 Å². The zero-order valence-corrected chi connectivity index (χ0v) is 21.2. The molecule has 0 saturated carbocycles. The maximum absolute atomic E-state index is 13.4. The number of fused-ring (bicyclic) bond motifs is 1.